The van der Waals surface area contributed by atoms with Gasteiger partial charge in [0.2, 0.25) is 0 Å². The van der Waals surface area contributed by atoms with Crippen molar-refractivity contribution in [1.29, 1.82) is 0 Å². The Labute approximate surface area is 65.3 Å². The summed E-state index contributed by atoms with van der Waals surface area (Å²) in [6.45, 7) is 1.80. The molecule has 0 aliphatic heterocycles. The van der Waals surface area contributed by atoms with Gasteiger partial charge in [0.05, 0.1) is 0 Å². The van der Waals surface area contributed by atoms with Gasteiger partial charge in [-0.1, -0.05) is 6.07 Å². The zero-order valence-corrected chi connectivity index (χ0v) is 6.16. The van der Waals surface area contributed by atoms with Gasteiger partial charge in [0.15, 0.2) is 0 Å². The molecule has 0 unspecified atom stereocenters. The second-order valence-corrected chi connectivity index (χ2v) is 2.14. The number of hydrogen-bond acceptors (Lipinski definition) is 2. The minimum atomic E-state index is -0.358. The zero-order valence-electron chi connectivity index (χ0n) is 6.16. The molecule has 2 heteroatoms. The van der Waals surface area contributed by atoms with Gasteiger partial charge in [-0.25, -0.2) is 0 Å². The van der Waals surface area contributed by atoms with Crippen molar-refractivity contribution in [3.63, 3.8) is 0 Å². The van der Waals surface area contributed by atoms with E-state index in [0.29, 0.717) is 5.69 Å². The Morgan fingerprint density at radius 1 is 1.73 bits per heavy atom. The van der Waals surface area contributed by atoms with E-state index in [4.69, 9.17) is 6.42 Å². The van der Waals surface area contributed by atoms with Crippen LogP contribution in [-0.4, -0.2) is 10.8 Å². The van der Waals surface area contributed by atoms with Gasteiger partial charge in [-0.3, -0.25) is 9.78 Å². The molecular weight excluding hydrogens is 138 g/mol. The summed E-state index contributed by atoms with van der Waals surface area (Å²) < 4.78 is 0. The summed E-state index contributed by atoms with van der Waals surface area (Å²) in [6, 6.07) is 3.57. The first-order valence-electron chi connectivity index (χ1n) is 3.18. The van der Waals surface area contributed by atoms with Crippen LogP contribution in [0.25, 0.3) is 0 Å². The number of pyridine rings is 1. The number of nitrogens with zero attached hydrogens (tertiary/aromatic N) is 1. The maximum atomic E-state index is 10.9. The molecule has 0 saturated heterocycles. The topological polar surface area (TPSA) is 30.0 Å². The summed E-state index contributed by atoms with van der Waals surface area (Å²) >= 11 is 0. The van der Waals surface area contributed by atoms with Crippen LogP contribution < -0.4 is 0 Å². The largest absolute Gasteiger partial charge is 0.277 e. The first-order valence-corrected chi connectivity index (χ1v) is 3.18. The van der Waals surface area contributed by atoms with Gasteiger partial charge >= 0.3 is 0 Å². The molecule has 11 heavy (non-hydrogen) atoms. The Balaban J connectivity index is 3.16. The van der Waals surface area contributed by atoms with Gasteiger partial charge in [0.1, 0.15) is 5.69 Å². The fraction of sp³-hybridized carbons (Fsp3) is 0.111. The van der Waals surface area contributed by atoms with Crippen molar-refractivity contribution in [3.05, 3.63) is 29.6 Å². The minimum Gasteiger partial charge on any atom is -0.277 e. The van der Waals surface area contributed by atoms with Gasteiger partial charge in [-0.15, -0.1) is 6.42 Å². The van der Waals surface area contributed by atoms with Gasteiger partial charge in [0.25, 0.3) is 5.78 Å². The van der Waals surface area contributed by atoms with E-state index in [2.05, 4.69) is 4.98 Å². The highest BCUT2D eigenvalue weighted by molar-refractivity contribution is 6.08. The zero-order chi connectivity index (χ0) is 8.27. The Morgan fingerprint density at radius 2 is 2.45 bits per heavy atom. The van der Waals surface area contributed by atoms with Gasteiger partial charge in [0, 0.05) is 6.20 Å². The van der Waals surface area contributed by atoms with E-state index in [1.807, 2.05) is 5.92 Å². The molecule has 1 aromatic heterocycles. The van der Waals surface area contributed by atoms with Crippen molar-refractivity contribution in [3.8, 4) is 12.3 Å². The van der Waals surface area contributed by atoms with Crippen molar-refractivity contribution in [2.75, 3.05) is 0 Å². The third-order valence-corrected chi connectivity index (χ3v) is 1.36. The molecule has 0 atom stereocenters. The van der Waals surface area contributed by atoms with E-state index >= 15 is 0 Å². The van der Waals surface area contributed by atoms with Crippen molar-refractivity contribution < 1.29 is 4.79 Å². The van der Waals surface area contributed by atoms with Crippen molar-refractivity contribution in [2.24, 2.45) is 0 Å². The maximum Gasteiger partial charge on any atom is 0.254 e. The number of Topliss-reactive ketones (excluding diaryl/α,β-unsaturated/α-hetero) is 1. The molecule has 2 nitrogen and oxygen atoms in total. The molecule has 0 bridgehead atoms. The van der Waals surface area contributed by atoms with E-state index < -0.39 is 0 Å². The molecule has 0 amide bonds. The van der Waals surface area contributed by atoms with E-state index in [9.17, 15) is 4.79 Å². The number of hydrogen-bond donors (Lipinski definition) is 0. The van der Waals surface area contributed by atoms with E-state index in [1.54, 1.807) is 25.3 Å². The number of terminal acetylenes is 1. The summed E-state index contributed by atoms with van der Waals surface area (Å²) in [6.07, 6.45) is 6.49. The fourth-order valence-corrected chi connectivity index (χ4v) is 0.792. The van der Waals surface area contributed by atoms with Crippen LogP contribution in [0.3, 0.4) is 0 Å². The molecular formula is C9H7NO. The number of carbonyl (C=O) groups is 1. The second kappa shape index (κ2) is 2.98. The normalized spacial score (nSPS) is 8.73. The summed E-state index contributed by atoms with van der Waals surface area (Å²) in [5, 5.41) is 0. The summed E-state index contributed by atoms with van der Waals surface area (Å²) in [5.74, 6) is 1.66. The Bertz CT molecular complexity index is 323. The predicted octanol–water partition coefficient (Wildman–Crippen LogP) is 1.21. The first-order chi connectivity index (χ1) is 5.25. The number of carbonyl (C=O) groups excluding carboxylic acids is 1. The van der Waals surface area contributed by atoms with E-state index in [-0.39, 0.29) is 5.78 Å². The van der Waals surface area contributed by atoms with Crippen LogP contribution in [-0.2, 0) is 0 Å². The standard InChI is InChI=1S/C9H7NO/c1-3-8(11)9-7(2)5-4-6-10-9/h1,4-6H,2H3. The quantitative estimate of drug-likeness (QED) is 0.337. The molecule has 0 N–H and O–H groups in total. The second-order valence-electron chi connectivity index (χ2n) is 2.14. The lowest BCUT2D eigenvalue weighted by atomic mass is 10.1. The Hall–Kier alpha value is -1.62. The minimum absolute atomic E-state index is 0.358. The molecule has 0 spiro atoms. The third-order valence-electron chi connectivity index (χ3n) is 1.36. The lowest BCUT2D eigenvalue weighted by Gasteiger charge is -1.95. The van der Waals surface area contributed by atoms with Gasteiger partial charge < -0.3 is 0 Å². The maximum absolute atomic E-state index is 10.9. The van der Waals surface area contributed by atoms with Gasteiger partial charge in [-0.05, 0) is 24.5 Å². The predicted molar refractivity (Wildman–Crippen MR) is 42.1 cm³/mol. The number of aromatic nitrogens is 1. The number of aryl methyl sites for hydroxylation is 1. The lowest BCUT2D eigenvalue weighted by Crippen LogP contribution is -2.00. The number of rotatable bonds is 1. The average molecular weight is 145 g/mol. The number of ketones is 1. The molecule has 1 heterocycles. The highest BCUT2D eigenvalue weighted by Crippen LogP contribution is 2.02. The van der Waals surface area contributed by atoms with Crippen LogP contribution in [0.1, 0.15) is 16.1 Å². The van der Waals surface area contributed by atoms with Crippen LogP contribution >= 0.6 is 0 Å². The van der Waals surface area contributed by atoms with Crippen molar-refractivity contribution >= 4 is 5.78 Å². The highest BCUT2D eigenvalue weighted by atomic mass is 16.1. The monoisotopic (exact) mass is 145 g/mol. The van der Waals surface area contributed by atoms with Crippen LogP contribution in [0.4, 0.5) is 0 Å². The summed E-state index contributed by atoms with van der Waals surface area (Å²) in [5.41, 5.74) is 1.19. The Kier molecular flexibility index (Phi) is 2.03. The van der Waals surface area contributed by atoms with Crippen LogP contribution in [0.2, 0.25) is 0 Å². The highest BCUT2D eigenvalue weighted by Gasteiger charge is 2.04. The molecule has 1 aromatic rings. The SMILES string of the molecule is C#CC(=O)c1ncccc1C. The molecule has 0 aliphatic rings. The first kappa shape index (κ1) is 7.49. The molecule has 0 fully saturated rings. The average Bonchev–Trinajstić information content (AvgIpc) is 2.04. The molecule has 0 saturated carbocycles. The van der Waals surface area contributed by atoms with E-state index in [0.717, 1.165) is 5.56 Å². The fourth-order valence-electron chi connectivity index (χ4n) is 0.792. The molecule has 0 aliphatic carbocycles. The molecule has 0 aromatic carbocycles. The Morgan fingerprint density at radius 3 is 3.00 bits per heavy atom. The molecule has 54 valence electrons. The summed E-state index contributed by atoms with van der Waals surface area (Å²) in [4.78, 5) is 14.8. The van der Waals surface area contributed by atoms with Crippen LogP contribution in [0.5, 0.6) is 0 Å². The summed E-state index contributed by atoms with van der Waals surface area (Å²) in [7, 11) is 0. The van der Waals surface area contributed by atoms with Crippen molar-refractivity contribution in [1.82, 2.24) is 4.98 Å². The van der Waals surface area contributed by atoms with Crippen molar-refractivity contribution in [2.45, 2.75) is 6.92 Å². The van der Waals surface area contributed by atoms with Crippen LogP contribution in [0.15, 0.2) is 18.3 Å². The van der Waals surface area contributed by atoms with Crippen LogP contribution in [0, 0.1) is 19.3 Å². The lowest BCUT2D eigenvalue weighted by molar-refractivity contribution is 0.105. The third kappa shape index (κ3) is 1.44. The molecule has 1 rings (SSSR count). The van der Waals surface area contributed by atoms with Gasteiger partial charge in [-0.2, -0.15) is 0 Å². The smallest absolute Gasteiger partial charge is 0.254 e. The van der Waals surface area contributed by atoms with E-state index in [1.165, 1.54) is 0 Å². The molecule has 0 radical (unpaired) electrons.